The molecule has 1 aromatic rings. The Labute approximate surface area is 123 Å². The third-order valence-corrected chi connectivity index (χ3v) is 3.57. The largest absolute Gasteiger partial charge is 0.507 e. The number of unbranched alkanes of at least 4 members (excludes halogenated alkanes) is 2. The SMILES string of the molecule is CCCCCN(C(=O)c1ccc(Br)cc1O)C(C)C. The molecule has 1 amide bonds. The first kappa shape index (κ1) is 16.0. The summed E-state index contributed by atoms with van der Waals surface area (Å²) in [5.41, 5.74) is 0.369. The summed E-state index contributed by atoms with van der Waals surface area (Å²) < 4.78 is 0.767. The molecule has 106 valence electrons. The van der Waals surface area contributed by atoms with Crippen molar-refractivity contribution in [3.05, 3.63) is 28.2 Å². The van der Waals surface area contributed by atoms with Gasteiger partial charge in [-0.1, -0.05) is 35.7 Å². The first-order valence-electron chi connectivity index (χ1n) is 6.76. The molecule has 0 fully saturated rings. The molecule has 0 radical (unpaired) electrons. The van der Waals surface area contributed by atoms with Crippen LogP contribution in [-0.4, -0.2) is 28.5 Å². The lowest BCUT2D eigenvalue weighted by Gasteiger charge is -2.27. The van der Waals surface area contributed by atoms with Crippen LogP contribution in [0.4, 0.5) is 0 Å². The average Bonchev–Trinajstić information content (AvgIpc) is 2.33. The highest BCUT2D eigenvalue weighted by molar-refractivity contribution is 9.10. The van der Waals surface area contributed by atoms with Gasteiger partial charge in [-0.2, -0.15) is 0 Å². The summed E-state index contributed by atoms with van der Waals surface area (Å²) in [6.07, 6.45) is 3.24. The lowest BCUT2D eigenvalue weighted by Crippen LogP contribution is -2.37. The lowest BCUT2D eigenvalue weighted by atomic mass is 10.1. The number of rotatable bonds is 6. The fraction of sp³-hybridized carbons (Fsp3) is 0.533. The molecule has 1 rings (SSSR count). The number of hydrogen-bond donors (Lipinski definition) is 1. The van der Waals surface area contributed by atoms with Crippen LogP contribution in [0.2, 0.25) is 0 Å². The molecule has 19 heavy (non-hydrogen) atoms. The van der Waals surface area contributed by atoms with Gasteiger partial charge >= 0.3 is 0 Å². The van der Waals surface area contributed by atoms with E-state index in [1.54, 1.807) is 18.2 Å². The second-order valence-corrected chi connectivity index (χ2v) is 5.88. The summed E-state index contributed by atoms with van der Waals surface area (Å²) in [4.78, 5) is 14.3. The summed E-state index contributed by atoms with van der Waals surface area (Å²) in [6.45, 7) is 6.88. The van der Waals surface area contributed by atoms with E-state index >= 15 is 0 Å². The molecule has 0 aromatic heterocycles. The second-order valence-electron chi connectivity index (χ2n) is 4.96. The molecule has 0 aliphatic carbocycles. The van der Waals surface area contributed by atoms with Gasteiger partial charge in [0, 0.05) is 17.1 Å². The summed E-state index contributed by atoms with van der Waals surface area (Å²) in [5.74, 6) is -0.0726. The average molecular weight is 328 g/mol. The number of phenols is 1. The van der Waals surface area contributed by atoms with Crippen molar-refractivity contribution in [2.24, 2.45) is 0 Å². The first-order valence-corrected chi connectivity index (χ1v) is 7.56. The Kier molecular flexibility index (Phi) is 6.35. The molecule has 1 aromatic carbocycles. The lowest BCUT2D eigenvalue weighted by molar-refractivity contribution is 0.0699. The number of aromatic hydroxyl groups is 1. The van der Waals surface area contributed by atoms with E-state index in [0.29, 0.717) is 5.56 Å². The molecule has 4 heteroatoms. The predicted molar refractivity (Wildman–Crippen MR) is 81.5 cm³/mol. The van der Waals surface area contributed by atoms with Crippen LogP contribution in [0.25, 0.3) is 0 Å². The number of carbonyl (C=O) groups excluding carboxylic acids is 1. The number of benzene rings is 1. The van der Waals surface area contributed by atoms with Crippen LogP contribution in [0.5, 0.6) is 5.75 Å². The molecule has 0 bridgehead atoms. The third-order valence-electron chi connectivity index (χ3n) is 3.08. The highest BCUT2D eigenvalue weighted by atomic mass is 79.9. The Balaban J connectivity index is 2.86. The Morgan fingerprint density at radius 3 is 2.58 bits per heavy atom. The highest BCUT2D eigenvalue weighted by Gasteiger charge is 2.20. The molecule has 0 aliphatic heterocycles. The number of hydrogen-bond acceptors (Lipinski definition) is 2. The van der Waals surface area contributed by atoms with Crippen molar-refractivity contribution in [3.8, 4) is 5.75 Å². The minimum atomic E-state index is -0.101. The van der Waals surface area contributed by atoms with Crippen molar-refractivity contribution >= 4 is 21.8 Å². The number of amides is 1. The van der Waals surface area contributed by atoms with Crippen LogP contribution >= 0.6 is 15.9 Å². The van der Waals surface area contributed by atoms with Gasteiger partial charge in [0.25, 0.3) is 5.91 Å². The third kappa shape index (κ3) is 4.53. The van der Waals surface area contributed by atoms with Crippen molar-refractivity contribution in [1.82, 2.24) is 4.90 Å². The zero-order valence-electron chi connectivity index (χ0n) is 11.8. The molecule has 0 spiro atoms. The van der Waals surface area contributed by atoms with E-state index in [0.717, 1.165) is 30.3 Å². The molecule has 0 atom stereocenters. The quantitative estimate of drug-likeness (QED) is 0.795. The Morgan fingerprint density at radius 1 is 1.37 bits per heavy atom. The fourth-order valence-electron chi connectivity index (χ4n) is 1.97. The van der Waals surface area contributed by atoms with Gasteiger partial charge in [0.15, 0.2) is 0 Å². The molecular formula is C15H22BrNO2. The van der Waals surface area contributed by atoms with Crippen molar-refractivity contribution < 1.29 is 9.90 Å². The standard InChI is InChI=1S/C15H22BrNO2/c1-4-5-6-9-17(11(2)3)15(19)13-8-7-12(16)10-14(13)18/h7-8,10-11,18H,4-6,9H2,1-3H3. The monoisotopic (exact) mass is 327 g/mol. The van der Waals surface area contributed by atoms with Crippen LogP contribution in [0.1, 0.15) is 50.4 Å². The summed E-state index contributed by atoms with van der Waals surface area (Å²) in [7, 11) is 0. The summed E-state index contributed by atoms with van der Waals surface area (Å²) in [6, 6.07) is 5.12. The topological polar surface area (TPSA) is 40.5 Å². The van der Waals surface area contributed by atoms with Crippen LogP contribution in [-0.2, 0) is 0 Å². The summed E-state index contributed by atoms with van der Waals surface area (Å²) in [5, 5.41) is 9.89. The van der Waals surface area contributed by atoms with Crippen molar-refractivity contribution in [2.45, 2.75) is 46.1 Å². The van der Waals surface area contributed by atoms with Gasteiger partial charge in [-0.05, 0) is 38.5 Å². The number of nitrogens with zero attached hydrogens (tertiary/aromatic N) is 1. The van der Waals surface area contributed by atoms with E-state index in [9.17, 15) is 9.90 Å². The number of phenolic OH excluding ortho intramolecular Hbond substituents is 1. The van der Waals surface area contributed by atoms with Gasteiger partial charge in [0.1, 0.15) is 5.75 Å². The van der Waals surface area contributed by atoms with Gasteiger partial charge < -0.3 is 10.0 Å². The van der Waals surface area contributed by atoms with Crippen molar-refractivity contribution in [2.75, 3.05) is 6.54 Å². The van der Waals surface area contributed by atoms with Crippen LogP contribution in [0, 0.1) is 0 Å². The van der Waals surface area contributed by atoms with Gasteiger partial charge in [-0.3, -0.25) is 4.79 Å². The molecular weight excluding hydrogens is 306 g/mol. The van der Waals surface area contributed by atoms with Gasteiger partial charge in [-0.15, -0.1) is 0 Å². The molecule has 0 saturated carbocycles. The molecule has 0 unspecified atom stereocenters. The zero-order chi connectivity index (χ0) is 14.4. The smallest absolute Gasteiger partial charge is 0.257 e. The summed E-state index contributed by atoms with van der Waals surface area (Å²) >= 11 is 3.28. The fourth-order valence-corrected chi connectivity index (χ4v) is 2.32. The Hall–Kier alpha value is -1.03. The minimum absolute atomic E-state index is 0.0283. The Bertz CT molecular complexity index is 432. The Morgan fingerprint density at radius 2 is 2.05 bits per heavy atom. The van der Waals surface area contributed by atoms with Gasteiger partial charge in [-0.25, -0.2) is 0 Å². The number of carbonyl (C=O) groups is 1. The maximum absolute atomic E-state index is 12.5. The van der Waals surface area contributed by atoms with Crippen LogP contribution < -0.4 is 0 Å². The zero-order valence-corrected chi connectivity index (χ0v) is 13.4. The molecule has 0 saturated heterocycles. The highest BCUT2D eigenvalue weighted by Crippen LogP contribution is 2.24. The van der Waals surface area contributed by atoms with E-state index in [2.05, 4.69) is 22.9 Å². The molecule has 0 aliphatic rings. The van der Waals surface area contributed by atoms with E-state index in [-0.39, 0.29) is 17.7 Å². The van der Waals surface area contributed by atoms with E-state index in [1.165, 1.54) is 0 Å². The molecule has 0 heterocycles. The maximum Gasteiger partial charge on any atom is 0.257 e. The normalized spacial score (nSPS) is 10.8. The van der Waals surface area contributed by atoms with Crippen LogP contribution in [0.3, 0.4) is 0 Å². The minimum Gasteiger partial charge on any atom is -0.507 e. The van der Waals surface area contributed by atoms with Crippen molar-refractivity contribution in [3.63, 3.8) is 0 Å². The van der Waals surface area contributed by atoms with Gasteiger partial charge in [0.05, 0.1) is 5.56 Å². The van der Waals surface area contributed by atoms with E-state index in [4.69, 9.17) is 0 Å². The van der Waals surface area contributed by atoms with Crippen molar-refractivity contribution in [1.29, 1.82) is 0 Å². The molecule has 1 N–H and O–H groups in total. The maximum atomic E-state index is 12.5. The van der Waals surface area contributed by atoms with E-state index < -0.39 is 0 Å². The number of halogens is 1. The molecule has 3 nitrogen and oxygen atoms in total. The predicted octanol–water partition coefficient (Wildman–Crippen LogP) is 4.20. The van der Waals surface area contributed by atoms with Gasteiger partial charge in [0.2, 0.25) is 0 Å². The van der Waals surface area contributed by atoms with E-state index in [1.807, 2.05) is 18.7 Å². The second kappa shape index (κ2) is 7.53. The first-order chi connectivity index (χ1) is 8.97. The van der Waals surface area contributed by atoms with Crippen LogP contribution in [0.15, 0.2) is 22.7 Å².